The lowest BCUT2D eigenvalue weighted by atomic mass is 9.95. The van der Waals surface area contributed by atoms with Gasteiger partial charge in [0.1, 0.15) is 11.3 Å². The van der Waals surface area contributed by atoms with Gasteiger partial charge in [0.2, 0.25) is 5.91 Å². The smallest absolute Gasteiger partial charge is 0.279 e. The summed E-state index contributed by atoms with van der Waals surface area (Å²) >= 11 is 0. The zero-order chi connectivity index (χ0) is 19.4. The van der Waals surface area contributed by atoms with E-state index < -0.39 is 11.0 Å². The van der Waals surface area contributed by atoms with Crippen molar-refractivity contribution < 1.29 is 14.8 Å². The number of benzene rings is 2. The Labute approximate surface area is 155 Å². The number of nitrogens with zero attached hydrogens (tertiary/aromatic N) is 2. The number of aromatic nitrogens is 1. The Hall–Kier alpha value is -3.48. The molecule has 1 heterocycles. The second-order valence-corrected chi connectivity index (χ2v) is 6.15. The molecule has 2 aromatic carbocycles. The van der Waals surface area contributed by atoms with Crippen LogP contribution in [0.5, 0.6) is 5.75 Å². The monoisotopic (exact) mass is 365 g/mol. The summed E-state index contributed by atoms with van der Waals surface area (Å²) in [4.78, 5) is 27.4. The van der Waals surface area contributed by atoms with E-state index >= 15 is 0 Å². The van der Waals surface area contributed by atoms with Crippen LogP contribution in [-0.4, -0.2) is 20.9 Å². The van der Waals surface area contributed by atoms with Crippen molar-refractivity contribution in [2.75, 3.05) is 0 Å². The summed E-state index contributed by atoms with van der Waals surface area (Å²) in [6.07, 6.45) is 2.44. The van der Waals surface area contributed by atoms with Crippen LogP contribution in [0, 0.1) is 10.1 Å². The summed E-state index contributed by atoms with van der Waals surface area (Å²) in [6, 6.07) is 12.7. The normalized spacial score (nSPS) is 11.9. The number of carbonyl (C=O) groups is 1. The van der Waals surface area contributed by atoms with Crippen molar-refractivity contribution in [1.82, 2.24) is 10.3 Å². The summed E-state index contributed by atoms with van der Waals surface area (Å²) < 4.78 is 0. The van der Waals surface area contributed by atoms with Gasteiger partial charge in [-0.25, -0.2) is 0 Å². The summed E-state index contributed by atoms with van der Waals surface area (Å²) in [5.41, 5.74) is 0.911. The zero-order valence-corrected chi connectivity index (χ0v) is 14.8. The van der Waals surface area contributed by atoms with E-state index in [1.54, 1.807) is 30.3 Å². The summed E-state index contributed by atoms with van der Waals surface area (Å²) in [7, 11) is 0. The molecule has 3 rings (SSSR count). The minimum atomic E-state index is -0.727. The number of rotatable bonds is 6. The average Bonchev–Trinajstić information content (AvgIpc) is 2.67. The SMILES string of the molecule is CCCC(=O)N[C@H](c1ccccc1)c1cc([N+](=O)[O-])c2cccnc2c1O. The van der Waals surface area contributed by atoms with Crippen molar-refractivity contribution in [3.63, 3.8) is 0 Å². The molecule has 7 nitrogen and oxygen atoms in total. The number of hydrogen-bond acceptors (Lipinski definition) is 5. The number of hydrogen-bond donors (Lipinski definition) is 2. The van der Waals surface area contributed by atoms with Crippen molar-refractivity contribution in [3.05, 3.63) is 76.0 Å². The van der Waals surface area contributed by atoms with E-state index in [-0.39, 0.29) is 33.8 Å². The van der Waals surface area contributed by atoms with Gasteiger partial charge >= 0.3 is 0 Å². The van der Waals surface area contributed by atoms with Gasteiger partial charge in [0.15, 0.2) is 0 Å². The third-order valence-corrected chi connectivity index (χ3v) is 4.30. The Balaban J connectivity index is 2.22. The van der Waals surface area contributed by atoms with Gasteiger partial charge in [-0.15, -0.1) is 0 Å². The van der Waals surface area contributed by atoms with Crippen molar-refractivity contribution in [3.8, 4) is 5.75 Å². The Kier molecular flexibility index (Phi) is 5.30. The molecule has 0 aliphatic rings. The average molecular weight is 365 g/mol. The molecule has 3 aromatic rings. The Morgan fingerprint density at radius 3 is 2.67 bits per heavy atom. The molecule has 27 heavy (non-hydrogen) atoms. The molecule has 1 atom stereocenters. The van der Waals surface area contributed by atoms with E-state index in [4.69, 9.17) is 0 Å². The second-order valence-electron chi connectivity index (χ2n) is 6.15. The number of nitro groups is 1. The molecule has 0 unspecified atom stereocenters. The van der Waals surface area contributed by atoms with E-state index in [0.717, 1.165) is 0 Å². The molecule has 138 valence electrons. The predicted octanol–water partition coefficient (Wildman–Crippen LogP) is 3.85. The van der Waals surface area contributed by atoms with Crippen LogP contribution in [0.2, 0.25) is 0 Å². The number of nitro benzene ring substituents is 1. The highest BCUT2D eigenvalue weighted by molar-refractivity contribution is 5.93. The number of phenols is 1. The molecule has 7 heteroatoms. The van der Waals surface area contributed by atoms with Crippen molar-refractivity contribution >= 4 is 22.5 Å². The van der Waals surface area contributed by atoms with Gasteiger partial charge in [-0.2, -0.15) is 0 Å². The van der Waals surface area contributed by atoms with Gasteiger partial charge in [0.25, 0.3) is 5.69 Å². The summed E-state index contributed by atoms with van der Waals surface area (Å²) in [5.74, 6) is -0.378. The Morgan fingerprint density at radius 1 is 1.26 bits per heavy atom. The fourth-order valence-corrected chi connectivity index (χ4v) is 3.05. The Morgan fingerprint density at radius 2 is 2.00 bits per heavy atom. The predicted molar refractivity (Wildman–Crippen MR) is 101 cm³/mol. The van der Waals surface area contributed by atoms with E-state index in [9.17, 15) is 20.0 Å². The van der Waals surface area contributed by atoms with Crippen LogP contribution < -0.4 is 5.32 Å². The molecular weight excluding hydrogens is 346 g/mol. The summed E-state index contributed by atoms with van der Waals surface area (Å²) in [6.45, 7) is 1.89. The lowest BCUT2D eigenvalue weighted by molar-refractivity contribution is -0.383. The van der Waals surface area contributed by atoms with Gasteiger partial charge in [-0.3, -0.25) is 19.9 Å². The molecule has 0 bridgehead atoms. The third kappa shape index (κ3) is 3.72. The van der Waals surface area contributed by atoms with Crippen LogP contribution in [0.25, 0.3) is 10.9 Å². The van der Waals surface area contributed by atoms with Gasteiger partial charge < -0.3 is 10.4 Å². The molecule has 0 saturated heterocycles. The number of aromatic hydroxyl groups is 1. The maximum atomic E-state index is 12.3. The fourth-order valence-electron chi connectivity index (χ4n) is 3.05. The highest BCUT2D eigenvalue weighted by Gasteiger charge is 2.26. The first kappa shape index (κ1) is 18.3. The molecule has 1 amide bonds. The molecule has 0 fully saturated rings. The van der Waals surface area contributed by atoms with Crippen molar-refractivity contribution in [1.29, 1.82) is 0 Å². The number of pyridine rings is 1. The molecule has 0 aliphatic carbocycles. The molecule has 0 spiro atoms. The number of fused-ring (bicyclic) bond motifs is 1. The van der Waals surface area contributed by atoms with Crippen molar-refractivity contribution in [2.24, 2.45) is 0 Å². The molecule has 2 N–H and O–H groups in total. The topological polar surface area (TPSA) is 105 Å². The van der Waals surface area contributed by atoms with Crippen LogP contribution >= 0.6 is 0 Å². The van der Waals surface area contributed by atoms with E-state index in [1.165, 1.54) is 18.3 Å². The third-order valence-electron chi connectivity index (χ3n) is 4.30. The lowest BCUT2D eigenvalue weighted by Gasteiger charge is -2.21. The maximum Gasteiger partial charge on any atom is 0.279 e. The number of non-ortho nitro benzene ring substituents is 1. The van der Waals surface area contributed by atoms with Crippen LogP contribution in [0.1, 0.15) is 36.9 Å². The number of phenolic OH excluding ortho intramolecular Hbond substituents is 1. The minimum absolute atomic E-state index is 0.132. The zero-order valence-electron chi connectivity index (χ0n) is 14.8. The quantitative estimate of drug-likeness (QED) is 0.510. The lowest BCUT2D eigenvalue weighted by Crippen LogP contribution is -2.29. The van der Waals surface area contributed by atoms with E-state index in [1.807, 2.05) is 13.0 Å². The standard InChI is InChI=1S/C20H19N3O4/c1-2-7-17(24)22-18(13-8-4-3-5-9-13)15-12-16(23(26)27)14-10-6-11-21-19(14)20(15)25/h3-6,8-12,18,25H,2,7H2,1H3,(H,22,24)/t18-/m1/s1. The van der Waals surface area contributed by atoms with Crippen LogP contribution in [-0.2, 0) is 4.79 Å². The van der Waals surface area contributed by atoms with Crippen LogP contribution in [0.15, 0.2) is 54.7 Å². The first-order valence-corrected chi connectivity index (χ1v) is 8.62. The molecule has 1 aromatic heterocycles. The molecule has 0 saturated carbocycles. The van der Waals surface area contributed by atoms with E-state index in [0.29, 0.717) is 18.4 Å². The highest BCUT2D eigenvalue weighted by atomic mass is 16.6. The van der Waals surface area contributed by atoms with Crippen LogP contribution in [0.3, 0.4) is 0 Å². The van der Waals surface area contributed by atoms with Gasteiger partial charge in [0, 0.05) is 24.2 Å². The Bertz CT molecular complexity index is 989. The molecule has 0 aliphatic heterocycles. The number of nitrogens with one attached hydrogen (secondary N) is 1. The second kappa shape index (κ2) is 7.82. The van der Waals surface area contributed by atoms with Gasteiger partial charge in [-0.1, -0.05) is 37.3 Å². The van der Waals surface area contributed by atoms with Crippen molar-refractivity contribution in [2.45, 2.75) is 25.8 Å². The highest BCUT2D eigenvalue weighted by Crippen LogP contribution is 2.39. The van der Waals surface area contributed by atoms with Gasteiger partial charge in [0.05, 0.1) is 16.4 Å². The minimum Gasteiger partial charge on any atom is -0.505 e. The largest absolute Gasteiger partial charge is 0.505 e. The molecular formula is C20H19N3O4. The first-order chi connectivity index (χ1) is 13.0. The molecule has 0 radical (unpaired) electrons. The first-order valence-electron chi connectivity index (χ1n) is 8.62. The van der Waals surface area contributed by atoms with Crippen LogP contribution in [0.4, 0.5) is 5.69 Å². The summed E-state index contributed by atoms with van der Waals surface area (Å²) in [5, 5.41) is 25.5. The van der Waals surface area contributed by atoms with Gasteiger partial charge in [-0.05, 0) is 24.1 Å². The number of amides is 1. The van der Waals surface area contributed by atoms with E-state index in [2.05, 4.69) is 10.3 Å². The number of carbonyl (C=O) groups excluding carboxylic acids is 1. The maximum absolute atomic E-state index is 12.3. The fraction of sp³-hybridized carbons (Fsp3) is 0.200.